The summed E-state index contributed by atoms with van der Waals surface area (Å²) in [4.78, 5) is 27.9. The highest BCUT2D eigenvalue weighted by molar-refractivity contribution is 5.94. The molecule has 4 rings (SSSR count). The van der Waals surface area contributed by atoms with Gasteiger partial charge in [0, 0.05) is 49.5 Å². The lowest BCUT2D eigenvalue weighted by atomic mass is 10.1. The Kier molecular flexibility index (Phi) is 6.35. The van der Waals surface area contributed by atoms with E-state index in [1.54, 1.807) is 12.1 Å². The molecular weight excluding hydrogens is 404 g/mol. The van der Waals surface area contributed by atoms with Gasteiger partial charge in [0.25, 0.3) is 11.6 Å². The van der Waals surface area contributed by atoms with E-state index in [-0.39, 0.29) is 22.6 Å². The summed E-state index contributed by atoms with van der Waals surface area (Å²) in [6, 6.07) is 24.2. The molecule has 0 aliphatic carbocycles. The highest BCUT2D eigenvalue weighted by Crippen LogP contribution is 2.32. The largest absolute Gasteiger partial charge is 0.373 e. The average Bonchev–Trinajstić information content (AvgIpc) is 2.84. The van der Waals surface area contributed by atoms with Crippen LogP contribution < -0.4 is 10.2 Å². The maximum Gasteiger partial charge on any atom is 0.292 e. The quantitative estimate of drug-likeness (QED) is 0.452. The minimum absolute atomic E-state index is 0.0352. The number of nitrogens with one attached hydrogen (secondary N) is 1. The number of benzene rings is 3. The summed E-state index contributed by atoms with van der Waals surface area (Å²) < 4.78 is 0. The van der Waals surface area contributed by atoms with Crippen LogP contribution in [0, 0.1) is 10.1 Å². The summed E-state index contributed by atoms with van der Waals surface area (Å²) in [5.74, 6) is 0.0352. The number of piperazine rings is 1. The lowest BCUT2D eigenvalue weighted by Crippen LogP contribution is -2.48. The number of nitro groups is 1. The minimum atomic E-state index is -0.361. The Bertz CT molecular complexity index is 1080. The zero-order valence-corrected chi connectivity index (χ0v) is 18.0. The van der Waals surface area contributed by atoms with Crippen molar-refractivity contribution in [1.29, 1.82) is 0 Å². The normalized spacial score (nSPS) is 14.7. The van der Waals surface area contributed by atoms with Crippen LogP contribution in [0.4, 0.5) is 17.1 Å². The summed E-state index contributed by atoms with van der Waals surface area (Å²) in [5.41, 5.74) is 3.20. The first-order valence-electron chi connectivity index (χ1n) is 10.7. The maximum atomic E-state index is 12.7. The zero-order chi connectivity index (χ0) is 22.5. The lowest BCUT2D eigenvalue weighted by Gasteiger charge is -2.36. The molecule has 1 atom stereocenters. The van der Waals surface area contributed by atoms with E-state index < -0.39 is 0 Å². The Hall–Kier alpha value is -3.87. The summed E-state index contributed by atoms with van der Waals surface area (Å²) >= 11 is 0. The molecule has 32 heavy (non-hydrogen) atoms. The molecule has 0 aromatic heterocycles. The van der Waals surface area contributed by atoms with Crippen molar-refractivity contribution in [3.63, 3.8) is 0 Å². The van der Waals surface area contributed by atoms with Gasteiger partial charge in [-0.05, 0) is 36.8 Å². The van der Waals surface area contributed by atoms with Gasteiger partial charge in [-0.25, -0.2) is 0 Å². The number of hydrogen-bond donors (Lipinski definition) is 1. The van der Waals surface area contributed by atoms with Gasteiger partial charge in [-0.3, -0.25) is 14.9 Å². The Morgan fingerprint density at radius 3 is 2.19 bits per heavy atom. The Morgan fingerprint density at radius 1 is 0.938 bits per heavy atom. The van der Waals surface area contributed by atoms with Crippen molar-refractivity contribution in [2.45, 2.75) is 13.0 Å². The molecular formula is C25H26N4O3. The third-order valence-corrected chi connectivity index (χ3v) is 5.80. The van der Waals surface area contributed by atoms with E-state index in [0.717, 1.165) is 11.3 Å². The molecule has 3 aromatic rings. The highest BCUT2D eigenvalue weighted by Gasteiger charge is 2.24. The summed E-state index contributed by atoms with van der Waals surface area (Å²) in [6.45, 7) is 4.54. The van der Waals surface area contributed by atoms with Gasteiger partial charge in [-0.1, -0.05) is 48.5 Å². The Morgan fingerprint density at radius 2 is 1.56 bits per heavy atom. The molecule has 164 valence electrons. The minimum Gasteiger partial charge on any atom is -0.373 e. The third-order valence-electron chi connectivity index (χ3n) is 5.80. The number of carbonyl (C=O) groups excluding carboxylic acids is 1. The highest BCUT2D eigenvalue weighted by atomic mass is 16.6. The second kappa shape index (κ2) is 9.51. The van der Waals surface area contributed by atoms with Crippen molar-refractivity contribution in [3.8, 4) is 0 Å². The number of carbonyl (C=O) groups is 1. The van der Waals surface area contributed by atoms with Gasteiger partial charge in [-0.15, -0.1) is 0 Å². The van der Waals surface area contributed by atoms with Gasteiger partial charge in [0.05, 0.1) is 4.92 Å². The van der Waals surface area contributed by atoms with Crippen molar-refractivity contribution in [2.24, 2.45) is 0 Å². The maximum absolute atomic E-state index is 12.7. The van der Waals surface area contributed by atoms with Crippen molar-refractivity contribution in [3.05, 3.63) is 100 Å². The zero-order valence-electron chi connectivity index (χ0n) is 18.0. The molecule has 1 unspecified atom stereocenters. The standard InChI is InChI=1S/C25H26N4O3/c1-19(20-8-4-2-5-9-20)26-23-18-22(12-13-24(23)29(31)32)27-14-16-28(17-15-27)25(30)21-10-6-3-7-11-21/h2-13,18-19,26H,14-17H2,1H3. The van der Waals surface area contributed by atoms with Gasteiger partial charge in [0.1, 0.15) is 5.69 Å². The average molecular weight is 431 g/mol. The molecule has 0 radical (unpaired) electrons. The van der Waals surface area contributed by atoms with Crippen molar-refractivity contribution >= 4 is 23.0 Å². The van der Waals surface area contributed by atoms with Crippen LogP contribution in [0.25, 0.3) is 0 Å². The first kappa shape index (κ1) is 21.4. The molecule has 1 saturated heterocycles. The molecule has 1 aliphatic rings. The molecule has 0 saturated carbocycles. The van der Waals surface area contributed by atoms with E-state index in [9.17, 15) is 14.9 Å². The van der Waals surface area contributed by atoms with Gasteiger partial charge in [0.15, 0.2) is 0 Å². The smallest absolute Gasteiger partial charge is 0.292 e. The molecule has 1 N–H and O–H groups in total. The number of nitrogens with zero attached hydrogens (tertiary/aromatic N) is 3. The van der Waals surface area contributed by atoms with Gasteiger partial charge in [0.2, 0.25) is 0 Å². The lowest BCUT2D eigenvalue weighted by molar-refractivity contribution is -0.384. The summed E-state index contributed by atoms with van der Waals surface area (Å²) in [7, 11) is 0. The van der Waals surface area contributed by atoms with Crippen LogP contribution in [0.15, 0.2) is 78.9 Å². The number of anilines is 2. The Balaban J connectivity index is 1.48. The first-order valence-corrected chi connectivity index (χ1v) is 10.7. The van der Waals surface area contributed by atoms with Crippen LogP contribution in [0.5, 0.6) is 0 Å². The fraction of sp³-hybridized carbons (Fsp3) is 0.240. The van der Waals surface area contributed by atoms with Crippen LogP contribution >= 0.6 is 0 Å². The van der Waals surface area contributed by atoms with Crippen LogP contribution in [0.1, 0.15) is 28.9 Å². The third kappa shape index (κ3) is 4.72. The molecule has 0 bridgehead atoms. The molecule has 1 amide bonds. The number of rotatable bonds is 6. The molecule has 0 spiro atoms. The van der Waals surface area contributed by atoms with E-state index in [4.69, 9.17) is 0 Å². The number of amides is 1. The van der Waals surface area contributed by atoms with Crippen molar-refractivity contribution < 1.29 is 9.72 Å². The van der Waals surface area contributed by atoms with E-state index >= 15 is 0 Å². The fourth-order valence-corrected chi connectivity index (χ4v) is 3.98. The van der Waals surface area contributed by atoms with Crippen LogP contribution in [-0.2, 0) is 0 Å². The van der Waals surface area contributed by atoms with E-state index in [1.807, 2.05) is 78.6 Å². The number of nitro benzene ring substituents is 1. The molecule has 1 heterocycles. The molecule has 7 nitrogen and oxygen atoms in total. The van der Waals surface area contributed by atoms with Crippen LogP contribution in [0.2, 0.25) is 0 Å². The second-order valence-corrected chi connectivity index (χ2v) is 7.88. The van der Waals surface area contributed by atoms with E-state index in [2.05, 4.69) is 10.2 Å². The van der Waals surface area contributed by atoms with Crippen LogP contribution in [-0.4, -0.2) is 41.9 Å². The molecule has 7 heteroatoms. The van der Waals surface area contributed by atoms with Crippen molar-refractivity contribution in [1.82, 2.24) is 4.90 Å². The van der Waals surface area contributed by atoms with Gasteiger partial charge < -0.3 is 15.1 Å². The van der Waals surface area contributed by atoms with Crippen molar-refractivity contribution in [2.75, 3.05) is 36.4 Å². The number of hydrogen-bond acceptors (Lipinski definition) is 5. The molecule has 1 fully saturated rings. The predicted octanol–water partition coefficient (Wildman–Crippen LogP) is 4.73. The Labute approximate surface area is 187 Å². The van der Waals surface area contributed by atoms with E-state index in [0.29, 0.717) is 37.4 Å². The topological polar surface area (TPSA) is 78.7 Å². The monoisotopic (exact) mass is 430 g/mol. The fourth-order valence-electron chi connectivity index (χ4n) is 3.98. The van der Waals surface area contributed by atoms with Gasteiger partial charge in [-0.2, -0.15) is 0 Å². The summed E-state index contributed by atoms with van der Waals surface area (Å²) in [6.07, 6.45) is 0. The van der Waals surface area contributed by atoms with E-state index in [1.165, 1.54) is 0 Å². The van der Waals surface area contributed by atoms with Crippen LogP contribution in [0.3, 0.4) is 0 Å². The van der Waals surface area contributed by atoms with Gasteiger partial charge >= 0.3 is 0 Å². The first-order chi connectivity index (χ1) is 15.5. The SMILES string of the molecule is CC(Nc1cc(N2CCN(C(=O)c3ccccc3)CC2)ccc1[N+](=O)[O-])c1ccccc1. The second-order valence-electron chi connectivity index (χ2n) is 7.88. The summed E-state index contributed by atoms with van der Waals surface area (Å²) in [5, 5.41) is 14.9. The molecule has 3 aromatic carbocycles. The predicted molar refractivity (Wildman–Crippen MR) is 126 cm³/mol. The molecule has 1 aliphatic heterocycles.